The maximum atomic E-state index is 11.9. The van der Waals surface area contributed by atoms with Gasteiger partial charge >= 0.3 is 0 Å². The summed E-state index contributed by atoms with van der Waals surface area (Å²) in [6.45, 7) is 1.79. The molecule has 2 aromatic rings. The highest BCUT2D eigenvalue weighted by atomic mass is 35.5. The molecule has 0 saturated heterocycles. The van der Waals surface area contributed by atoms with Crippen LogP contribution in [-0.2, 0) is 0 Å². The van der Waals surface area contributed by atoms with Crippen molar-refractivity contribution in [2.45, 2.75) is 6.92 Å². The molecule has 4 nitrogen and oxygen atoms in total. The fourth-order valence-electron chi connectivity index (χ4n) is 1.63. The van der Waals surface area contributed by atoms with Crippen LogP contribution in [0.1, 0.15) is 22.8 Å². The van der Waals surface area contributed by atoms with Crippen molar-refractivity contribution in [2.75, 3.05) is 0 Å². The van der Waals surface area contributed by atoms with Crippen molar-refractivity contribution in [3.63, 3.8) is 0 Å². The van der Waals surface area contributed by atoms with E-state index in [0.29, 0.717) is 10.7 Å². The maximum Gasteiger partial charge on any atom is 0.275 e. The molecule has 0 heterocycles. The summed E-state index contributed by atoms with van der Waals surface area (Å²) >= 11 is 5.79. The highest BCUT2D eigenvalue weighted by Crippen LogP contribution is 2.21. The zero-order valence-corrected chi connectivity index (χ0v) is 11.6. The van der Waals surface area contributed by atoms with Gasteiger partial charge in [-0.15, -0.1) is 0 Å². The monoisotopic (exact) mass is 288 g/mol. The molecule has 0 saturated carbocycles. The minimum atomic E-state index is -0.514. The molecule has 1 amide bonds. The molecule has 2 rings (SSSR count). The van der Waals surface area contributed by atoms with E-state index in [1.807, 2.05) is 30.3 Å². The zero-order valence-electron chi connectivity index (χ0n) is 10.8. The smallest absolute Gasteiger partial charge is 0.275 e. The summed E-state index contributed by atoms with van der Waals surface area (Å²) in [5.41, 5.74) is 4.05. The number of nitrogens with one attached hydrogen (secondary N) is 1. The standard InChI is InChI=1S/C15H13ClN2O2/c1-10(11-5-3-2-4-6-11)17-18-15(20)13-9-12(16)7-8-14(13)19/h2-9,19H,1H3,(H,18,20)/b17-10+. The number of hydrogen-bond acceptors (Lipinski definition) is 3. The number of aromatic hydroxyl groups is 1. The Balaban J connectivity index is 2.14. The van der Waals surface area contributed by atoms with Gasteiger partial charge in [-0.05, 0) is 30.7 Å². The second-order valence-corrected chi connectivity index (χ2v) is 4.60. The maximum absolute atomic E-state index is 11.9. The number of hydrazone groups is 1. The highest BCUT2D eigenvalue weighted by molar-refractivity contribution is 6.31. The summed E-state index contributed by atoms with van der Waals surface area (Å²) in [7, 11) is 0. The third kappa shape index (κ3) is 3.36. The number of nitrogens with zero attached hydrogens (tertiary/aromatic N) is 1. The molecule has 0 bridgehead atoms. The summed E-state index contributed by atoms with van der Waals surface area (Å²) in [5.74, 6) is -0.653. The lowest BCUT2D eigenvalue weighted by molar-refractivity contribution is 0.0952. The van der Waals surface area contributed by atoms with E-state index >= 15 is 0 Å². The molecule has 5 heteroatoms. The molecule has 0 radical (unpaired) electrons. The Morgan fingerprint density at radius 3 is 2.60 bits per heavy atom. The molecule has 102 valence electrons. The number of amides is 1. The number of hydrogen-bond donors (Lipinski definition) is 2. The van der Waals surface area contributed by atoms with E-state index in [-0.39, 0.29) is 11.3 Å². The minimum Gasteiger partial charge on any atom is -0.507 e. The Morgan fingerprint density at radius 2 is 1.90 bits per heavy atom. The SMILES string of the molecule is C/C(=N\NC(=O)c1cc(Cl)ccc1O)c1ccccc1. The van der Waals surface area contributed by atoms with Crippen LogP contribution in [0.25, 0.3) is 0 Å². The van der Waals surface area contributed by atoms with Gasteiger partial charge < -0.3 is 5.11 Å². The van der Waals surface area contributed by atoms with Crippen molar-refractivity contribution < 1.29 is 9.90 Å². The summed E-state index contributed by atoms with van der Waals surface area (Å²) in [5, 5.41) is 14.0. The lowest BCUT2D eigenvalue weighted by atomic mass is 10.1. The van der Waals surface area contributed by atoms with Crippen LogP contribution in [0, 0.1) is 0 Å². The first-order chi connectivity index (χ1) is 9.58. The quantitative estimate of drug-likeness (QED) is 0.673. The first kappa shape index (κ1) is 14.1. The zero-order chi connectivity index (χ0) is 14.5. The predicted octanol–water partition coefficient (Wildman–Crippen LogP) is 3.20. The van der Waals surface area contributed by atoms with Crippen molar-refractivity contribution in [1.82, 2.24) is 5.43 Å². The average Bonchev–Trinajstić information content (AvgIpc) is 2.47. The predicted molar refractivity (Wildman–Crippen MR) is 79.2 cm³/mol. The molecule has 0 atom stereocenters. The largest absolute Gasteiger partial charge is 0.507 e. The van der Waals surface area contributed by atoms with E-state index < -0.39 is 5.91 Å². The molecule has 0 aliphatic rings. The van der Waals surface area contributed by atoms with Crippen molar-refractivity contribution in [2.24, 2.45) is 5.10 Å². The van der Waals surface area contributed by atoms with Gasteiger partial charge in [0.2, 0.25) is 0 Å². The van der Waals surface area contributed by atoms with Gasteiger partial charge in [0.25, 0.3) is 5.91 Å². The molecule has 20 heavy (non-hydrogen) atoms. The number of phenolic OH excluding ortho intramolecular Hbond substituents is 1. The van der Waals surface area contributed by atoms with Crippen molar-refractivity contribution in [3.8, 4) is 5.75 Å². The van der Waals surface area contributed by atoms with Gasteiger partial charge in [0, 0.05) is 5.02 Å². The van der Waals surface area contributed by atoms with Gasteiger partial charge in [-0.1, -0.05) is 41.9 Å². The lowest BCUT2D eigenvalue weighted by Crippen LogP contribution is -2.19. The molecule has 0 fully saturated rings. The number of phenols is 1. The molecule has 0 aliphatic heterocycles. The number of benzene rings is 2. The Morgan fingerprint density at radius 1 is 1.20 bits per heavy atom. The minimum absolute atomic E-state index is 0.0853. The van der Waals surface area contributed by atoms with E-state index in [9.17, 15) is 9.90 Å². The Bertz CT molecular complexity index is 654. The van der Waals surface area contributed by atoms with Crippen LogP contribution in [-0.4, -0.2) is 16.7 Å². The van der Waals surface area contributed by atoms with Crippen LogP contribution in [0.3, 0.4) is 0 Å². The van der Waals surface area contributed by atoms with Gasteiger partial charge in [0.05, 0.1) is 11.3 Å². The average molecular weight is 289 g/mol. The van der Waals surface area contributed by atoms with Gasteiger partial charge in [0.1, 0.15) is 5.75 Å². The summed E-state index contributed by atoms with van der Waals surface area (Å²) in [6.07, 6.45) is 0. The molecule has 2 N–H and O–H groups in total. The fourth-order valence-corrected chi connectivity index (χ4v) is 1.80. The molecular formula is C15H13ClN2O2. The van der Waals surface area contributed by atoms with E-state index in [2.05, 4.69) is 10.5 Å². The van der Waals surface area contributed by atoms with Crippen LogP contribution < -0.4 is 5.43 Å². The number of rotatable bonds is 3. The second-order valence-electron chi connectivity index (χ2n) is 4.17. The molecule has 0 spiro atoms. The van der Waals surface area contributed by atoms with Gasteiger partial charge in [0.15, 0.2) is 0 Å². The van der Waals surface area contributed by atoms with Crippen molar-refractivity contribution in [1.29, 1.82) is 0 Å². The molecule has 2 aromatic carbocycles. The van der Waals surface area contributed by atoms with E-state index in [1.165, 1.54) is 18.2 Å². The molecule has 0 unspecified atom stereocenters. The summed E-state index contributed by atoms with van der Waals surface area (Å²) in [4.78, 5) is 11.9. The highest BCUT2D eigenvalue weighted by Gasteiger charge is 2.11. The second kappa shape index (κ2) is 6.21. The summed E-state index contributed by atoms with van der Waals surface area (Å²) < 4.78 is 0. The van der Waals surface area contributed by atoms with E-state index in [0.717, 1.165) is 5.56 Å². The van der Waals surface area contributed by atoms with Gasteiger partial charge in [-0.25, -0.2) is 5.43 Å². The normalized spacial score (nSPS) is 11.2. The Labute approximate surface area is 121 Å². The molecule has 0 aromatic heterocycles. The van der Waals surface area contributed by atoms with Crippen LogP contribution in [0.4, 0.5) is 0 Å². The Hall–Kier alpha value is -2.33. The van der Waals surface area contributed by atoms with E-state index in [1.54, 1.807) is 6.92 Å². The van der Waals surface area contributed by atoms with Crippen molar-refractivity contribution in [3.05, 3.63) is 64.7 Å². The molecule has 0 aliphatic carbocycles. The van der Waals surface area contributed by atoms with Crippen LogP contribution >= 0.6 is 11.6 Å². The lowest BCUT2D eigenvalue weighted by Gasteiger charge is -2.05. The van der Waals surface area contributed by atoms with Crippen molar-refractivity contribution >= 4 is 23.2 Å². The number of carbonyl (C=O) groups excluding carboxylic acids is 1. The number of carbonyl (C=O) groups is 1. The first-order valence-electron chi connectivity index (χ1n) is 5.96. The fraction of sp³-hybridized carbons (Fsp3) is 0.0667. The van der Waals surface area contributed by atoms with Crippen LogP contribution in [0.5, 0.6) is 5.75 Å². The van der Waals surface area contributed by atoms with Gasteiger partial charge in [-0.2, -0.15) is 5.10 Å². The topological polar surface area (TPSA) is 61.7 Å². The van der Waals surface area contributed by atoms with E-state index in [4.69, 9.17) is 11.6 Å². The Kier molecular flexibility index (Phi) is 4.38. The number of halogens is 1. The third-order valence-electron chi connectivity index (χ3n) is 2.72. The van der Waals surface area contributed by atoms with Gasteiger partial charge in [-0.3, -0.25) is 4.79 Å². The van der Waals surface area contributed by atoms with Crippen LogP contribution in [0.15, 0.2) is 53.6 Å². The molecular weight excluding hydrogens is 276 g/mol. The summed E-state index contributed by atoms with van der Waals surface area (Å²) in [6, 6.07) is 13.7. The third-order valence-corrected chi connectivity index (χ3v) is 2.96. The van der Waals surface area contributed by atoms with Crippen LogP contribution in [0.2, 0.25) is 5.02 Å². The first-order valence-corrected chi connectivity index (χ1v) is 6.34.